The van der Waals surface area contributed by atoms with Gasteiger partial charge < -0.3 is 9.73 Å². The molecule has 0 bridgehead atoms. The van der Waals surface area contributed by atoms with E-state index in [4.69, 9.17) is 4.42 Å². The first kappa shape index (κ1) is 15.6. The van der Waals surface area contributed by atoms with Crippen molar-refractivity contribution in [1.29, 1.82) is 0 Å². The second-order valence-electron chi connectivity index (χ2n) is 4.78. The van der Waals surface area contributed by atoms with Crippen LogP contribution < -0.4 is 11.1 Å². The van der Waals surface area contributed by atoms with E-state index in [2.05, 4.69) is 15.4 Å². The van der Waals surface area contributed by atoms with E-state index in [9.17, 15) is 9.59 Å². The average Bonchev–Trinajstić information content (AvgIpc) is 3.29. The van der Waals surface area contributed by atoms with Crippen LogP contribution in [0.5, 0.6) is 0 Å². The molecule has 23 heavy (non-hydrogen) atoms. The van der Waals surface area contributed by atoms with Gasteiger partial charge in [-0.25, -0.2) is 9.78 Å². The molecule has 0 spiro atoms. The van der Waals surface area contributed by atoms with Gasteiger partial charge in [0.25, 0.3) is 11.8 Å². The van der Waals surface area contributed by atoms with Crippen LogP contribution in [-0.4, -0.2) is 26.7 Å². The van der Waals surface area contributed by atoms with Crippen LogP contribution in [0.25, 0.3) is 10.8 Å². The summed E-state index contributed by atoms with van der Waals surface area (Å²) in [4.78, 5) is 28.7. The highest BCUT2D eigenvalue weighted by Gasteiger charge is 2.18. The molecule has 7 nitrogen and oxygen atoms in total. The number of nitrogens with one attached hydrogen (secondary N) is 1. The third-order valence-electron chi connectivity index (χ3n) is 3.22. The molecule has 120 valence electrons. The Morgan fingerprint density at radius 1 is 1.52 bits per heavy atom. The third-order valence-corrected chi connectivity index (χ3v) is 4.67. The van der Waals surface area contributed by atoms with Crippen LogP contribution in [0.15, 0.2) is 37.6 Å². The fourth-order valence-electron chi connectivity index (χ4n) is 1.99. The van der Waals surface area contributed by atoms with Crippen molar-refractivity contribution in [2.75, 3.05) is 0 Å². The van der Waals surface area contributed by atoms with E-state index in [1.54, 1.807) is 10.9 Å². The van der Waals surface area contributed by atoms with Crippen molar-refractivity contribution >= 4 is 28.6 Å². The number of carbonyl (C=O) groups is 1. The zero-order valence-electron chi connectivity index (χ0n) is 12.3. The molecule has 0 aliphatic rings. The van der Waals surface area contributed by atoms with Crippen LogP contribution in [0.3, 0.4) is 0 Å². The van der Waals surface area contributed by atoms with Crippen LogP contribution in [0.1, 0.15) is 23.8 Å². The summed E-state index contributed by atoms with van der Waals surface area (Å²) in [6.45, 7) is 2.18. The highest BCUT2D eigenvalue weighted by atomic mass is 32.1. The molecule has 0 radical (unpaired) electrons. The minimum Gasteiger partial charge on any atom is -0.387 e. The van der Waals surface area contributed by atoms with E-state index in [1.165, 1.54) is 27.4 Å². The van der Waals surface area contributed by atoms with Crippen molar-refractivity contribution in [3.05, 3.63) is 44.6 Å². The molecule has 1 N–H and O–H groups in total. The lowest BCUT2D eigenvalue weighted by Gasteiger charge is -2.15. The minimum absolute atomic E-state index is 0.233. The second kappa shape index (κ2) is 6.88. The van der Waals surface area contributed by atoms with E-state index in [-0.39, 0.29) is 18.5 Å². The molecule has 3 rings (SSSR count). The Morgan fingerprint density at radius 3 is 3.04 bits per heavy atom. The highest BCUT2D eigenvalue weighted by molar-refractivity contribution is 7.13. The quantitative estimate of drug-likeness (QED) is 0.736. The van der Waals surface area contributed by atoms with Crippen molar-refractivity contribution in [3.63, 3.8) is 0 Å². The lowest BCUT2D eigenvalue weighted by molar-refractivity contribution is 0.0926. The lowest BCUT2D eigenvalue weighted by atomic mass is 10.2. The van der Waals surface area contributed by atoms with Gasteiger partial charge in [0.15, 0.2) is 0 Å². The van der Waals surface area contributed by atoms with Crippen molar-refractivity contribution in [1.82, 2.24) is 20.1 Å². The third kappa shape index (κ3) is 3.57. The molecule has 0 aliphatic heterocycles. The zero-order chi connectivity index (χ0) is 16.2. The smallest absolute Gasteiger partial charge is 0.387 e. The largest absolute Gasteiger partial charge is 0.437 e. The number of hydrogen-bond donors (Lipinski definition) is 1. The van der Waals surface area contributed by atoms with Crippen molar-refractivity contribution < 1.29 is 9.21 Å². The molecule has 0 aromatic carbocycles. The number of rotatable bonds is 6. The first-order valence-corrected chi connectivity index (χ1v) is 8.80. The number of hydrogen-bond acceptors (Lipinski definition) is 7. The molecular formula is C14H14N4O3S2. The zero-order valence-corrected chi connectivity index (χ0v) is 13.9. The first-order valence-electron chi connectivity index (χ1n) is 6.98. The maximum absolute atomic E-state index is 12.0. The van der Waals surface area contributed by atoms with Gasteiger partial charge in [0.2, 0.25) is 0 Å². The van der Waals surface area contributed by atoms with Gasteiger partial charge in [0.1, 0.15) is 5.69 Å². The fourth-order valence-corrected chi connectivity index (χ4v) is 3.17. The predicted molar refractivity (Wildman–Crippen MR) is 87.7 cm³/mol. The Balaban J connectivity index is 1.72. The summed E-state index contributed by atoms with van der Waals surface area (Å²) in [5.41, 5.74) is 1.98. The Kier molecular flexibility index (Phi) is 4.68. The molecule has 0 unspecified atom stereocenters. The van der Waals surface area contributed by atoms with Gasteiger partial charge in [-0.1, -0.05) is 13.0 Å². The van der Waals surface area contributed by atoms with Gasteiger partial charge in [-0.3, -0.25) is 4.79 Å². The van der Waals surface area contributed by atoms with Gasteiger partial charge in [-0.2, -0.15) is 4.68 Å². The van der Waals surface area contributed by atoms with Gasteiger partial charge in [-0.15, -0.1) is 27.8 Å². The summed E-state index contributed by atoms with van der Waals surface area (Å²) in [6.07, 6.45) is 0.656. The second-order valence-corrected chi connectivity index (χ2v) is 6.45. The van der Waals surface area contributed by atoms with Crippen LogP contribution in [-0.2, 0) is 6.54 Å². The minimum atomic E-state index is -0.533. The standard InChI is InChI=1S/C14H14N4O3S2/c1-2-9(16-12(19)10-7-22-8-15-10)6-18-14(20)21-13(17-18)11-4-3-5-23-11/h3-5,7-9H,2,6H2,1H3,(H,16,19)/t9-/m0/s1. The van der Waals surface area contributed by atoms with Crippen molar-refractivity contribution in [3.8, 4) is 10.8 Å². The molecular weight excluding hydrogens is 336 g/mol. The van der Waals surface area contributed by atoms with Crippen molar-refractivity contribution in [2.24, 2.45) is 0 Å². The topological polar surface area (TPSA) is 90.0 Å². The Morgan fingerprint density at radius 2 is 2.39 bits per heavy atom. The molecule has 1 amide bonds. The first-order chi connectivity index (χ1) is 11.2. The van der Waals surface area contributed by atoms with Crippen molar-refractivity contribution in [2.45, 2.75) is 25.9 Å². The normalized spacial score (nSPS) is 12.2. The van der Waals surface area contributed by atoms with Gasteiger partial charge in [0, 0.05) is 11.4 Å². The molecule has 0 saturated heterocycles. The fraction of sp³-hybridized carbons (Fsp3) is 0.286. The summed E-state index contributed by atoms with van der Waals surface area (Å²) >= 11 is 2.80. The van der Waals surface area contributed by atoms with Crippen LogP contribution >= 0.6 is 22.7 Å². The summed E-state index contributed by atoms with van der Waals surface area (Å²) < 4.78 is 6.41. The summed E-state index contributed by atoms with van der Waals surface area (Å²) in [5, 5.41) is 10.6. The Bertz CT molecular complexity index is 821. The molecule has 9 heteroatoms. The molecule has 3 heterocycles. The summed E-state index contributed by atoms with van der Waals surface area (Å²) in [5.74, 6) is -0.492. The molecule has 0 saturated carbocycles. The van der Waals surface area contributed by atoms with E-state index >= 15 is 0 Å². The van der Waals surface area contributed by atoms with Crippen LogP contribution in [0, 0.1) is 0 Å². The van der Waals surface area contributed by atoms with E-state index in [0.29, 0.717) is 18.0 Å². The van der Waals surface area contributed by atoms with Gasteiger partial charge in [-0.05, 0) is 17.9 Å². The Hall–Kier alpha value is -2.26. The molecule has 3 aromatic rings. The van der Waals surface area contributed by atoms with E-state index in [1.807, 2.05) is 24.4 Å². The number of thiazole rings is 1. The number of amides is 1. The van der Waals surface area contributed by atoms with E-state index in [0.717, 1.165) is 4.88 Å². The van der Waals surface area contributed by atoms with Crippen LogP contribution in [0.2, 0.25) is 0 Å². The lowest BCUT2D eigenvalue weighted by Crippen LogP contribution is -2.39. The maximum atomic E-state index is 12.0. The van der Waals surface area contributed by atoms with Gasteiger partial charge in [0.05, 0.1) is 16.9 Å². The molecule has 1 atom stereocenters. The highest BCUT2D eigenvalue weighted by Crippen LogP contribution is 2.21. The SMILES string of the molecule is CC[C@@H](Cn1nc(-c2cccs2)oc1=O)NC(=O)c1cscn1. The number of nitrogens with zero attached hydrogens (tertiary/aromatic N) is 3. The number of thiophene rings is 1. The molecule has 0 fully saturated rings. The number of carbonyl (C=O) groups excluding carboxylic acids is 1. The van der Waals surface area contributed by atoms with E-state index < -0.39 is 5.76 Å². The molecule has 3 aromatic heterocycles. The average molecular weight is 350 g/mol. The maximum Gasteiger partial charge on any atom is 0.437 e. The monoisotopic (exact) mass is 350 g/mol. The summed E-state index contributed by atoms with van der Waals surface area (Å²) in [6, 6.07) is 3.46. The van der Waals surface area contributed by atoms with Gasteiger partial charge >= 0.3 is 5.76 Å². The molecule has 0 aliphatic carbocycles. The number of aromatic nitrogens is 3. The van der Waals surface area contributed by atoms with Crippen LogP contribution in [0.4, 0.5) is 0 Å². The predicted octanol–water partition coefficient (Wildman–Crippen LogP) is 2.23. The summed E-state index contributed by atoms with van der Waals surface area (Å²) in [7, 11) is 0. The Labute approximate surface area is 139 Å².